The predicted molar refractivity (Wildman–Crippen MR) is 91.5 cm³/mol. The van der Waals surface area contributed by atoms with E-state index in [1.807, 2.05) is 0 Å². The first-order valence-electron chi connectivity index (χ1n) is 8.61. The van der Waals surface area contributed by atoms with Gasteiger partial charge in [-0.15, -0.1) is 0 Å². The zero-order chi connectivity index (χ0) is 20.1. The van der Waals surface area contributed by atoms with E-state index in [9.17, 15) is 22.8 Å². The Balaban J connectivity index is 1.77. The van der Waals surface area contributed by atoms with Gasteiger partial charge in [0.1, 0.15) is 12.8 Å². The lowest BCUT2D eigenvalue weighted by Crippen LogP contribution is -2.42. The van der Waals surface area contributed by atoms with Crippen LogP contribution in [0, 0.1) is 0 Å². The van der Waals surface area contributed by atoms with E-state index in [1.165, 1.54) is 23.3 Å². The van der Waals surface area contributed by atoms with Crippen LogP contribution in [0.5, 0.6) is 0 Å². The Kier molecular flexibility index (Phi) is 5.98. The molecule has 1 aromatic carbocycles. The van der Waals surface area contributed by atoms with Crippen LogP contribution in [0.4, 0.5) is 19.0 Å². The maximum Gasteiger partial charge on any atom is 0.416 e. The summed E-state index contributed by atoms with van der Waals surface area (Å²) in [5.74, 6) is -1.06. The minimum atomic E-state index is -4.57. The largest absolute Gasteiger partial charge is 0.416 e. The second-order valence-corrected chi connectivity index (χ2v) is 6.33. The van der Waals surface area contributed by atoms with E-state index >= 15 is 0 Å². The zero-order valence-electron chi connectivity index (χ0n) is 14.7. The molecule has 150 valence electrons. The van der Waals surface area contributed by atoms with E-state index in [2.05, 4.69) is 15.0 Å². The molecule has 7 nitrogen and oxygen atoms in total. The third-order valence-electron chi connectivity index (χ3n) is 4.21. The number of rotatable bonds is 6. The molecular formula is C18H18F3N3O4. The Morgan fingerprint density at radius 2 is 2.11 bits per heavy atom. The van der Waals surface area contributed by atoms with E-state index in [1.54, 1.807) is 0 Å². The molecule has 2 heterocycles. The fourth-order valence-electron chi connectivity index (χ4n) is 2.90. The number of carbonyl (C=O) groups is 2. The van der Waals surface area contributed by atoms with Gasteiger partial charge in [0.2, 0.25) is 5.91 Å². The molecule has 2 amide bonds. The number of carbonyl (C=O) groups excluding carboxylic acids is 2. The van der Waals surface area contributed by atoms with Crippen molar-refractivity contribution in [2.24, 2.45) is 0 Å². The van der Waals surface area contributed by atoms with Gasteiger partial charge in [-0.2, -0.15) is 13.2 Å². The quantitative estimate of drug-likeness (QED) is 0.810. The number of alkyl halides is 3. The normalized spacial score (nSPS) is 16.8. The summed E-state index contributed by atoms with van der Waals surface area (Å²) < 4.78 is 49.0. The number of hydrogen-bond acceptors (Lipinski definition) is 5. The minimum absolute atomic E-state index is 0.0985. The number of ether oxygens (including phenoxy) is 1. The third-order valence-corrected chi connectivity index (χ3v) is 4.21. The Labute approximate surface area is 158 Å². The molecule has 1 saturated heterocycles. The van der Waals surface area contributed by atoms with Crippen molar-refractivity contribution < 1.29 is 32.0 Å². The topological polar surface area (TPSA) is 84.7 Å². The summed E-state index contributed by atoms with van der Waals surface area (Å²) >= 11 is 0. The van der Waals surface area contributed by atoms with Gasteiger partial charge in [0.25, 0.3) is 5.91 Å². The highest BCUT2D eigenvalue weighted by atomic mass is 19.4. The van der Waals surface area contributed by atoms with E-state index in [0.29, 0.717) is 13.0 Å². The fourth-order valence-corrected chi connectivity index (χ4v) is 2.90. The molecule has 1 atom stereocenters. The lowest BCUT2D eigenvalue weighted by molar-refractivity contribution is -0.137. The number of amides is 2. The van der Waals surface area contributed by atoms with Gasteiger partial charge in [-0.3, -0.25) is 9.59 Å². The molecule has 1 aliphatic rings. The van der Waals surface area contributed by atoms with Gasteiger partial charge in [0.15, 0.2) is 5.82 Å². The summed E-state index contributed by atoms with van der Waals surface area (Å²) in [6.07, 6.45) is -2.04. The van der Waals surface area contributed by atoms with Crippen LogP contribution in [-0.2, 0) is 15.7 Å². The van der Waals surface area contributed by atoms with Crippen molar-refractivity contribution in [2.45, 2.75) is 25.1 Å². The first-order chi connectivity index (χ1) is 13.3. The van der Waals surface area contributed by atoms with Gasteiger partial charge in [-0.05, 0) is 31.0 Å². The van der Waals surface area contributed by atoms with Gasteiger partial charge in [0, 0.05) is 24.8 Å². The average molecular weight is 397 g/mol. The van der Waals surface area contributed by atoms with E-state index in [-0.39, 0.29) is 30.6 Å². The number of nitrogens with zero attached hydrogens (tertiary/aromatic N) is 2. The van der Waals surface area contributed by atoms with E-state index < -0.39 is 23.6 Å². The second kappa shape index (κ2) is 8.42. The highest BCUT2D eigenvalue weighted by Crippen LogP contribution is 2.30. The standard InChI is InChI=1S/C18H18F3N3O4/c19-18(20,21)13-4-1-3-12(9-13)17(26)24(10-14-5-2-7-27-14)11-16(25)22-15-6-8-28-23-15/h1,3-4,6,8-9,14H,2,5,7,10-11H2,(H,22,23,25). The minimum Gasteiger partial charge on any atom is -0.376 e. The number of benzene rings is 1. The highest BCUT2D eigenvalue weighted by molar-refractivity contribution is 5.99. The molecule has 0 radical (unpaired) electrons. The van der Waals surface area contributed by atoms with Crippen molar-refractivity contribution in [3.63, 3.8) is 0 Å². The van der Waals surface area contributed by atoms with Crippen LogP contribution in [0.2, 0.25) is 0 Å². The van der Waals surface area contributed by atoms with Gasteiger partial charge in [0.05, 0.1) is 11.7 Å². The van der Waals surface area contributed by atoms with E-state index in [0.717, 1.165) is 24.6 Å². The molecule has 2 aromatic rings. The van der Waals surface area contributed by atoms with E-state index in [4.69, 9.17) is 4.74 Å². The molecule has 1 fully saturated rings. The molecule has 10 heteroatoms. The molecule has 1 unspecified atom stereocenters. The fraction of sp³-hybridized carbons (Fsp3) is 0.389. The van der Waals surface area contributed by atoms with Gasteiger partial charge < -0.3 is 19.5 Å². The van der Waals surface area contributed by atoms with Crippen LogP contribution >= 0.6 is 0 Å². The van der Waals surface area contributed by atoms with Gasteiger partial charge in [-0.1, -0.05) is 11.2 Å². The van der Waals surface area contributed by atoms with Crippen LogP contribution in [0.1, 0.15) is 28.8 Å². The molecular weight excluding hydrogens is 379 g/mol. The van der Waals surface area contributed by atoms with Crippen LogP contribution in [0.15, 0.2) is 41.1 Å². The monoisotopic (exact) mass is 397 g/mol. The molecule has 0 spiro atoms. The molecule has 3 rings (SSSR count). The number of aromatic nitrogens is 1. The predicted octanol–water partition coefficient (Wildman–Crippen LogP) is 2.95. The second-order valence-electron chi connectivity index (χ2n) is 6.33. The number of halogens is 3. The summed E-state index contributed by atoms with van der Waals surface area (Å²) in [6.45, 7) is 0.282. The molecule has 0 aliphatic carbocycles. The zero-order valence-corrected chi connectivity index (χ0v) is 14.7. The van der Waals surface area contributed by atoms with Crippen LogP contribution in [0.3, 0.4) is 0 Å². The van der Waals surface area contributed by atoms with Crippen molar-refractivity contribution in [3.8, 4) is 0 Å². The number of nitrogens with one attached hydrogen (secondary N) is 1. The van der Waals surface area contributed by atoms with Crippen molar-refractivity contribution >= 4 is 17.6 Å². The van der Waals surface area contributed by atoms with Crippen molar-refractivity contribution in [1.29, 1.82) is 0 Å². The molecule has 1 N–H and O–H groups in total. The number of hydrogen-bond donors (Lipinski definition) is 1. The molecule has 1 aliphatic heterocycles. The van der Waals surface area contributed by atoms with Crippen LogP contribution < -0.4 is 5.32 Å². The third kappa shape index (κ3) is 5.10. The highest BCUT2D eigenvalue weighted by Gasteiger charge is 2.32. The van der Waals surface area contributed by atoms with Crippen molar-refractivity contribution in [2.75, 3.05) is 25.0 Å². The lowest BCUT2D eigenvalue weighted by atomic mass is 10.1. The Morgan fingerprint density at radius 3 is 2.75 bits per heavy atom. The SMILES string of the molecule is O=C(CN(CC1CCCO1)C(=O)c1cccc(C(F)(F)F)c1)Nc1ccon1. The Morgan fingerprint density at radius 1 is 1.29 bits per heavy atom. The Bertz CT molecular complexity index is 818. The van der Waals surface area contributed by atoms with Crippen molar-refractivity contribution in [1.82, 2.24) is 10.1 Å². The molecule has 0 saturated carbocycles. The average Bonchev–Trinajstić information content (AvgIpc) is 3.34. The van der Waals surface area contributed by atoms with Gasteiger partial charge in [-0.25, -0.2) is 0 Å². The number of anilines is 1. The summed E-state index contributed by atoms with van der Waals surface area (Å²) in [6, 6.07) is 5.54. The summed E-state index contributed by atoms with van der Waals surface area (Å²) in [5, 5.41) is 6.01. The van der Waals surface area contributed by atoms with Crippen LogP contribution in [0.25, 0.3) is 0 Å². The molecule has 0 bridgehead atoms. The molecule has 28 heavy (non-hydrogen) atoms. The lowest BCUT2D eigenvalue weighted by Gasteiger charge is -2.25. The summed E-state index contributed by atoms with van der Waals surface area (Å²) in [4.78, 5) is 26.3. The van der Waals surface area contributed by atoms with Crippen LogP contribution in [-0.4, -0.2) is 47.7 Å². The van der Waals surface area contributed by atoms with Gasteiger partial charge >= 0.3 is 6.18 Å². The maximum absolute atomic E-state index is 13.0. The maximum atomic E-state index is 13.0. The summed E-state index contributed by atoms with van der Waals surface area (Å²) in [5.41, 5.74) is -1.08. The first-order valence-corrected chi connectivity index (χ1v) is 8.61. The molecule has 1 aromatic heterocycles. The Hall–Kier alpha value is -2.88. The summed E-state index contributed by atoms with van der Waals surface area (Å²) in [7, 11) is 0. The smallest absolute Gasteiger partial charge is 0.376 e. The first kappa shape index (κ1) is 19.9. The van der Waals surface area contributed by atoms with Crippen molar-refractivity contribution in [3.05, 3.63) is 47.7 Å².